The molecule has 2 atom stereocenters. The molecule has 5 nitrogen and oxygen atoms in total. The maximum Gasteiger partial charge on any atom is 0.253 e. The number of aliphatic hydroxyl groups is 1. The number of carbonyl (C=O) groups excluding carboxylic acids is 1. The standard InChI is InChI=1S/C15H14Cl2FN3O2/c16-14(17)15(23)20-12(8-18)13(22)10-5-3-9(4-6-10)11-2-1-7-19-21-11/h1-7,12-14,22H,8H2,(H,20,23). The summed E-state index contributed by atoms with van der Waals surface area (Å²) in [5, 5.41) is 20.2. The number of benzene rings is 1. The van der Waals surface area contributed by atoms with E-state index in [4.69, 9.17) is 23.2 Å². The van der Waals surface area contributed by atoms with E-state index < -0.39 is 29.6 Å². The Labute approximate surface area is 142 Å². The molecule has 8 heteroatoms. The molecule has 1 amide bonds. The van der Waals surface area contributed by atoms with Gasteiger partial charge in [-0.2, -0.15) is 10.2 Å². The van der Waals surface area contributed by atoms with Crippen LogP contribution >= 0.6 is 23.2 Å². The van der Waals surface area contributed by atoms with E-state index in [1.54, 1.807) is 42.6 Å². The Kier molecular flexibility index (Phi) is 6.27. The Hall–Kier alpha value is -1.76. The van der Waals surface area contributed by atoms with Gasteiger partial charge in [-0.1, -0.05) is 47.5 Å². The van der Waals surface area contributed by atoms with Gasteiger partial charge in [0.2, 0.25) is 0 Å². The maximum absolute atomic E-state index is 13.1. The van der Waals surface area contributed by atoms with E-state index in [1.165, 1.54) is 0 Å². The molecule has 0 saturated carbocycles. The second-order valence-corrected chi connectivity index (χ2v) is 5.84. The van der Waals surface area contributed by atoms with E-state index in [2.05, 4.69) is 15.5 Å². The van der Waals surface area contributed by atoms with Crippen molar-refractivity contribution in [1.29, 1.82) is 0 Å². The zero-order valence-corrected chi connectivity index (χ0v) is 13.4. The fraction of sp³-hybridized carbons (Fsp3) is 0.267. The van der Waals surface area contributed by atoms with Crippen molar-refractivity contribution in [3.8, 4) is 11.3 Å². The van der Waals surface area contributed by atoms with Crippen LogP contribution in [0.25, 0.3) is 11.3 Å². The first kappa shape index (κ1) is 17.6. The predicted molar refractivity (Wildman–Crippen MR) is 85.8 cm³/mol. The van der Waals surface area contributed by atoms with Crippen LogP contribution in [0, 0.1) is 0 Å². The lowest BCUT2D eigenvalue weighted by Crippen LogP contribution is -2.43. The van der Waals surface area contributed by atoms with Gasteiger partial charge < -0.3 is 10.4 Å². The highest BCUT2D eigenvalue weighted by molar-refractivity contribution is 6.53. The van der Waals surface area contributed by atoms with Crippen LogP contribution in [-0.4, -0.2) is 38.8 Å². The van der Waals surface area contributed by atoms with Crippen molar-refractivity contribution in [1.82, 2.24) is 15.5 Å². The Morgan fingerprint density at radius 2 is 1.96 bits per heavy atom. The molecule has 23 heavy (non-hydrogen) atoms. The van der Waals surface area contributed by atoms with Crippen LogP contribution in [0.5, 0.6) is 0 Å². The first-order chi connectivity index (χ1) is 11.0. The van der Waals surface area contributed by atoms with E-state index in [-0.39, 0.29) is 0 Å². The Morgan fingerprint density at radius 1 is 1.26 bits per heavy atom. The summed E-state index contributed by atoms with van der Waals surface area (Å²) < 4.78 is 13.1. The molecule has 0 aliphatic heterocycles. The van der Waals surface area contributed by atoms with Crippen LogP contribution in [0.15, 0.2) is 42.6 Å². The van der Waals surface area contributed by atoms with Gasteiger partial charge in [-0.15, -0.1) is 0 Å². The summed E-state index contributed by atoms with van der Waals surface area (Å²) in [5.74, 6) is -0.758. The monoisotopic (exact) mass is 357 g/mol. The highest BCUT2D eigenvalue weighted by atomic mass is 35.5. The number of carbonyl (C=O) groups is 1. The van der Waals surface area contributed by atoms with E-state index in [0.29, 0.717) is 11.3 Å². The number of hydrogen-bond acceptors (Lipinski definition) is 4. The molecule has 122 valence electrons. The summed E-state index contributed by atoms with van der Waals surface area (Å²) in [6.07, 6.45) is 0.337. The number of rotatable bonds is 6. The van der Waals surface area contributed by atoms with Gasteiger partial charge >= 0.3 is 0 Å². The smallest absolute Gasteiger partial charge is 0.253 e. The number of aromatic nitrogens is 2. The molecule has 0 aliphatic rings. The fourth-order valence-electron chi connectivity index (χ4n) is 1.99. The molecule has 2 rings (SSSR count). The number of amides is 1. The summed E-state index contributed by atoms with van der Waals surface area (Å²) in [5.41, 5.74) is 1.92. The highest BCUT2D eigenvalue weighted by Crippen LogP contribution is 2.22. The molecule has 1 aromatic carbocycles. The Morgan fingerprint density at radius 3 is 2.48 bits per heavy atom. The minimum atomic E-state index is -1.32. The zero-order chi connectivity index (χ0) is 16.8. The number of alkyl halides is 3. The van der Waals surface area contributed by atoms with Crippen LogP contribution in [0.4, 0.5) is 4.39 Å². The molecular formula is C15H14Cl2FN3O2. The molecule has 0 aliphatic carbocycles. The molecule has 1 aromatic heterocycles. The molecule has 2 aromatic rings. The maximum atomic E-state index is 13.1. The van der Waals surface area contributed by atoms with E-state index >= 15 is 0 Å². The van der Waals surface area contributed by atoms with Crippen molar-refractivity contribution in [2.24, 2.45) is 0 Å². The minimum Gasteiger partial charge on any atom is -0.386 e. The molecule has 0 saturated heterocycles. The van der Waals surface area contributed by atoms with Crippen molar-refractivity contribution in [2.75, 3.05) is 6.67 Å². The number of hydrogen-bond donors (Lipinski definition) is 2. The number of nitrogens with one attached hydrogen (secondary N) is 1. The summed E-state index contributed by atoms with van der Waals surface area (Å²) in [4.78, 5) is 10.1. The van der Waals surface area contributed by atoms with Crippen LogP contribution < -0.4 is 5.32 Å². The van der Waals surface area contributed by atoms with Crippen LogP contribution in [0.2, 0.25) is 0 Å². The lowest BCUT2D eigenvalue weighted by molar-refractivity contribution is -0.121. The largest absolute Gasteiger partial charge is 0.386 e. The van der Waals surface area contributed by atoms with Gasteiger partial charge in [0, 0.05) is 11.8 Å². The second-order valence-electron chi connectivity index (χ2n) is 4.75. The number of halogens is 3. The molecule has 2 unspecified atom stereocenters. The number of aliphatic hydroxyl groups excluding tert-OH is 1. The van der Waals surface area contributed by atoms with Gasteiger partial charge in [0.25, 0.3) is 5.91 Å². The van der Waals surface area contributed by atoms with Gasteiger partial charge in [0.15, 0.2) is 4.84 Å². The van der Waals surface area contributed by atoms with E-state index in [9.17, 15) is 14.3 Å². The van der Waals surface area contributed by atoms with E-state index in [0.717, 1.165) is 5.56 Å². The van der Waals surface area contributed by atoms with Crippen LogP contribution in [0.1, 0.15) is 11.7 Å². The first-order valence-corrected chi connectivity index (χ1v) is 7.61. The Balaban J connectivity index is 2.12. The minimum absolute atomic E-state index is 0.446. The topological polar surface area (TPSA) is 75.1 Å². The van der Waals surface area contributed by atoms with Crippen LogP contribution in [0.3, 0.4) is 0 Å². The van der Waals surface area contributed by atoms with Crippen LogP contribution in [-0.2, 0) is 4.79 Å². The average molecular weight is 358 g/mol. The predicted octanol–water partition coefficient (Wildman–Crippen LogP) is 2.44. The highest BCUT2D eigenvalue weighted by Gasteiger charge is 2.25. The van der Waals surface area contributed by atoms with Crippen molar-refractivity contribution < 1.29 is 14.3 Å². The lowest BCUT2D eigenvalue weighted by atomic mass is 10.0. The van der Waals surface area contributed by atoms with Gasteiger partial charge in [-0.3, -0.25) is 4.79 Å². The summed E-state index contributed by atoms with van der Waals surface area (Å²) in [7, 11) is 0. The third-order valence-corrected chi connectivity index (χ3v) is 3.59. The average Bonchev–Trinajstić information content (AvgIpc) is 2.59. The third-order valence-electron chi connectivity index (χ3n) is 3.19. The quantitative estimate of drug-likeness (QED) is 0.778. The van der Waals surface area contributed by atoms with Gasteiger partial charge in [-0.25, -0.2) is 4.39 Å². The van der Waals surface area contributed by atoms with Crippen molar-refractivity contribution in [3.63, 3.8) is 0 Å². The molecule has 0 bridgehead atoms. The molecule has 1 heterocycles. The Bertz CT molecular complexity index is 641. The van der Waals surface area contributed by atoms with Crippen molar-refractivity contribution >= 4 is 29.1 Å². The fourth-order valence-corrected chi connectivity index (χ4v) is 2.11. The van der Waals surface area contributed by atoms with E-state index in [1.807, 2.05) is 0 Å². The summed E-state index contributed by atoms with van der Waals surface area (Å²) in [6, 6.07) is 9.13. The molecule has 0 fully saturated rings. The SMILES string of the molecule is O=C(NC(CF)C(O)c1ccc(-c2cccnn2)cc1)C(Cl)Cl. The third kappa shape index (κ3) is 4.60. The zero-order valence-electron chi connectivity index (χ0n) is 11.9. The molecule has 0 radical (unpaired) electrons. The second kappa shape index (κ2) is 8.19. The molecule has 0 spiro atoms. The first-order valence-electron chi connectivity index (χ1n) is 6.73. The summed E-state index contributed by atoms with van der Waals surface area (Å²) in [6.45, 7) is -0.959. The molecule has 2 N–H and O–H groups in total. The lowest BCUT2D eigenvalue weighted by Gasteiger charge is -2.22. The number of nitrogens with zero attached hydrogens (tertiary/aromatic N) is 2. The molecular weight excluding hydrogens is 344 g/mol. The van der Waals surface area contributed by atoms with Gasteiger partial charge in [-0.05, 0) is 17.7 Å². The van der Waals surface area contributed by atoms with Crippen molar-refractivity contribution in [2.45, 2.75) is 17.0 Å². The summed E-state index contributed by atoms with van der Waals surface area (Å²) >= 11 is 10.8. The van der Waals surface area contributed by atoms with Gasteiger partial charge in [0.1, 0.15) is 12.8 Å². The van der Waals surface area contributed by atoms with Gasteiger partial charge in [0.05, 0.1) is 11.7 Å². The van der Waals surface area contributed by atoms with Crippen molar-refractivity contribution in [3.05, 3.63) is 48.2 Å². The normalized spacial score (nSPS) is 13.6.